The Morgan fingerprint density at radius 1 is 1.58 bits per heavy atom. The van der Waals surface area contributed by atoms with Crippen LogP contribution in [0.3, 0.4) is 0 Å². The first-order chi connectivity index (χ1) is 8.84. The second kappa shape index (κ2) is 4.49. The number of aromatic nitrogens is 2. The molecule has 2 heterocycles. The Labute approximate surface area is 111 Å². The van der Waals surface area contributed by atoms with E-state index < -0.39 is 11.6 Å². The first kappa shape index (κ1) is 13.3. The van der Waals surface area contributed by atoms with Gasteiger partial charge in [0.2, 0.25) is 0 Å². The van der Waals surface area contributed by atoms with Gasteiger partial charge in [0, 0.05) is 5.71 Å². The van der Waals surface area contributed by atoms with Crippen LogP contribution in [0, 0.1) is 0 Å². The summed E-state index contributed by atoms with van der Waals surface area (Å²) in [6.07, 6.45) is 2.39. The second-order valence-corrected chi connectivity index (χ2v) is 4.98. The van der Waals surface area contributed by atoms with Crippen LogP contribution in [0.2, 0.25) is 0 Å². The SMILES string of the molecule is CC/C(C)=N/n1cnc2c1NC(C)(C)N=C2C(N)=O. The fourth-order valence-corrected chi connectivity index (χ4v) is 1.78. The molecule has 1 aliphatic rings. The van der Waals surface area contributed by atoms with Crippen LogP contribution in [0.15, 0.2) is 16.4 Å². The number of aliphatic imine (C=N–C) groups is 1. The molecule has 2 rings (SSSR count). The third-order valence-electron chi connectivity index (χ3n) is 2.81. The standard InChI is InChI=1S/C12H18N6O/c1-5-7(2)17-18-6-14-9-8(10(13)19)15-12(3,4)16-11(9)18/h6,16H,5H2,1-4H3,(H2,13,19)/b17-7+. The van der Waals surface area contributed by atoms with Gasteiger partial charge < -0.3 is 11.1 Å². The van der Waals surface area contributed by atoms with E-state index in [2.05, 4.69) is 20.4 Å². The number of carbonyl (C=O) groups is 1. The van der Waals surface area contributed by atoms with Crippen molar-refractivity contribution in [2.75, 3.05) is 5.32 Å². The van der Waals surface area contributed by atoms with Gasteiger partial charge in [-0.05, 0) is 27.2 Å². The Morgan fingerprint density at radius 2 is 2.26 bits per heavy atom. The molecule has 1 amide bonds. The maximum atomic E-state index is 11.5. The zero-order valence-electron chi connectivity index (χ0n) is 11.6. The second-order valence-electron chi connectivity index (χ2n) is 4.98. The first-order valence-corrected chi connectivity index (χ1v) is 6.14. The van der Waals surface area contributed by atoms with Gasteiger partial charge in [0.05, 0.1) is 0 Å². The minimum absolute atomic E-state index is 0.182. The topological polar surface area (TPSA) is 97.7 Å². The van der Waals surface area contributed by atoms with Crippen LogP contribution in [0.5, 0.6) is 0 Å². The Kier molecular flexibility index (Phi) is 3.13. The van der Waals surface area contributed by atoms with E-state index in [1.54, 1.807) is 11.0 Å². The van der Waals surface area contributed by atoms with Crippen molar-refractivity contribution < 1.29 is 4.79 Å². The molecule has 7 nitrogen and oxygen atoms in total. The first-order valence-electron chi connectivity index (χ1n) is 6.14. The normalized spacial score (nSPS) is 17.5. The maximum Gasteiger partial charge on any atom is 0.269 e. The van der Waals surface area contributed by atoms with E-state index >= 15 is 0 Å². The molecule has 0 unspecified atom stereocenters. The quantitative estimate of drug-likeness (QED) is 0.793. The van der Waals surface area contributed by atoms with E-state index in [9.17, 15) is 4.79 Å². The average molecular weight is 262 g/mol. The van der Waals surface area contributed by atoms with E-state index in [4.69, 9.17) is 5.73 Å². The summed E-state index contributed by atoms with van der Waals surface area (Å²) in [5, 5.41) is 7.61. The van der Waals surface area contributed by atoms with Crippen LogP contribution in [0.4, 0.5) is 5.82 Å². The minimum Gasteiger partial charge on any atom is -0.364 e. The largest absolute Gasteiger partial charge is 0.364 e. The summed E-state index contributed by atoms with van der Waals surface area (Å²) in [6.45, 7) is 7.67. The fourth-order valence-electron chi connectivity index (χ4n) is 1.78. The molecule has 0 aliphatic carbocycles. The van der Waals surface area contributed by atoms with Crippen molar-refractivity contribution in [3.63, 3.8) is 0 Å². The predicted molar refractivity (Wildman–Crippen MR) is 74.5 cm³/mol. The average Bonchev–Trinajstić information content (AvgIpc) is 2.69. The molecule has 0 saturated carbocycles. The van der Waals surface area contributed by atoms with E-state index in [-0.39, 0.29) is 5.71 Å². The molecule has 0 spiro atoms. The van der Waals surface area contributed by atoms with Gasteiger partial charge in [-0.25, -0.2) is 14.7 Å². The summed E-state index contributed by atoms with van der Waals surface area (Å²) in [4.78, 5) is 19.9. The van der Waals surface area contributed by atoms with Crippen molar-refractivity contribution in [1.29, 1.82) is 0 Å². The number of fused-ring (bicyclic) bond motifs is 1. The zero-order chi connectivity index (χ0) is 14.2. The number of carbonyl (C=O) groups excluding carboxylic acids is 1. The lowest BCUT2D eigenvalue weighted by atomic mass is 10.1. The van der Waals surface area contributed by atoms with Crippen molar-refractivity contribution in [2.45, 2.75) is 39.8 Å². The highest BCUT2D eigenvalue weighted by Crippen LogP contribution is 2.26. The van der Waals surface area contributed by atoms with Crippen LogP contribution >= 0.6 is 0 Å². The highest BCUT2D eigenvalue weighted by Gasteiger charge is 2.32. The third kappa shape index (κ3) is 2.49. The molecule has 0 bridgehead atoms. The van der Waals surface area contributed by atoms with Crippen molar-refractivity contribution >= 4 is 23.1 Å². The summed E-state index contributed by atoms with van der Waals surface area (Å²) in [6, 6.07) is 0. The summed E-state index contributed by atoms with van der Waals surface area (Å²) < 4.78 is 1.62. The van der Waals surface area contributed by atoms with Gasteiger partial charge in [-0.2, -0.15) is 5.10 Å². The molecule has 0 atom stereocenters. The molecule has 1 aliphatic heterocycles. The smallest absolute Gasteiger partial charge is 0.269 e. The summed E-state index contributed by atoms with van der Waals surface area (Å²) in [7, 11) is 0. The van der Waals surface area contributed by atoms with Crippen LogP contribution < -0.4 is 11.1 Å². The van der Waals surface area contributed by atoms with Crippen LogP contribution in [0.1, 0.15) is 39.8 Å². The number of imidazole rings is 1. The van der Waals surface area contributed by atoms with E-state index in [1.807, 2.05) is 27.7 Å². The number of primary amides is 1. The lowest BCUT2D eigenvalue weighted by Gasteiger charge is -2.28. The molecular formula is C12H18N6O. The zero-order valence-corrected chi connectivity index (χ0v) is 11.6. The van der Waals surface area contributed by atoms with E-state index in [1.165, 1.54) is 0 Å². The van der Waals surface area contributed by atoms with Gasteiger partial charge in [-0.3, -0.25) is 4.79 Å². The summed E-state index contributed by atoms with van der Waals surface area (Å²) in [5.41, 5.74) is 6.32. The number of amides is 1. The van der Waals surface area contributed by atoms with Crippen molar-refractivity contribution in [3.05, 3.63) is 12.0 Å². The molecule has 19 heavy (non-hydrogen) atoms. The molecule has 0 radical (unpaired) electrons. The van der Waals surface area contributed by atoms with E-state index in [0.717, 1.165) is 12.1 Å². The Hall–Kier alpha value is -2.18. The number of anilines is 1. The lowest BCUT2D eigenvalue weighted by molar-refractivity contribution is -0.112. The van der Waals surface area contributed by atoms with Gasteiger partial charge in [0.1, 0.15) is 17.7 Å². The maximum absolute atomic E-state index is 11.5. The number of rotatable bonds is 3. The molecule has 3 N–H and O–H groups in total. The highest BCUT2D eigenvalue weighted by atomic mass is 16.1. The molecule has 0 saturated heterocycles. The van der Waals surface area contributed by atoms with Gasteiger partial charge in [-0.15, -0.1) is 0 Å². The van der Waals surface area contributed by atoms with Gasteiger partial charge >= 0.3 is 0 Å². The number of nitrogens with two attached hydrogens (primary N) is 1. The third-order valence-corrected chi connectivity index (χ3v) is 2.81. The Morgan fingerprint density at radius 3 is 2.84 bits per heavy atom. The molecule has 102 valence electrons. The van der Waals surface area contributed by atoms with Gasteiger partial charge in [-0.1, -0.05) is 6.92 Å². The monoisotopic (exact) mass is 262 g/mol. The summed E-state index contributed by atoms with van der Waals surface area (Å²) >= 11 is 0. The minimum atomic E-state index is -0.620. The van der Waals surface area contributed by atoms with Crippen LogP contribution in [-0.4, -0.2) is 32.7 Å². The van der Waals surface area contributed by atoms with Gasteiger partial charge in [0.15, 0.2) is 11.5 Å². The fraction of sp³-hybridized carbons (Fsp3) is 0.500. The number of nitrogens with one attached hydrogen (secondary N) is 1. The van der Waals surface area contributed by atoms with Crippen molar-refractivity contribution in [2.24, 2.45) is 15.8 Å². The Balaban J connectivity index is 2.55. The van der Waals surface area contributed by atoms with Crippen LogP contribution in [-0.2, 0) is 4.79 Å². The molecule has 1 aromatic rings. The number of hydrogen-bond donors (Lipinski definition) is 2. The number of nitrogens with zero attached hydrogens (tertiary/aromatic N) is 4. The highest BCUT2D eigenvalue weighted by molar-refractivity contribution is 6.45. The Bertz CT molecular complexity index is 581. The van der Waals surface area contributed by atoms with Crippen molar-refractivity contribution in [3.8, 4) is 0 Å². The summed E-state index contributed by atoms with van der Waals surface area (Å²) in [5.74, 6) is 0.0545. The van der Waals surface area contributed by atoms with Crippen LogP contribution in [0.25, 0.3) is 0 Å². The van der Waals surface area contributed by atoms with E-state index in [0.29, 0.717) is 11.5 Å². The molecule has 7 heteroatoms. The predicted octanol–water partition coefficient (Wildman–Crippen LogP) is 0.953. The molecular weight excluding hydrogens is 244 g/mol. The van der Waals surface area contributed by atoms with Gasteiger partial charge in [0.25, 0.3) is 5.91 Å². The molecule has 0 fully saturated rings. The lowest BCUT2D eigenvalue weighted by Crippen LogP contribution is -2.39. The molecule has 1 aromatic heterocycles. The van der Waals surface area contributed by atoms with Crippen molar-refractivity contribution in [1.82, 2.24) is 9.66 Å². The molecule has 0 aromatic carbocycles. The number of hydrogen-bond acceptors (Lipinski definition) is 5.